The first-order valence-electron chi connectivity index (χ1n) is 7.28. The molecule has 1 fully saturated rings. The second-order valence-corrected chi connectivity index (χ2v) is 7.42. The van der Waals surface area contributed by atoms with E-state index in [4.69, 9.17) is 17.3 Å². The summed E-state index contributed by atoms with van der Waals surface area (Å²) < 4.78 is 0. The Morgan fingerprint density at radius 2 is 1.96 bits per heavy atom. The maximum atomic E-state index is 12.1. The Morgan fingerprint density at radius 3 is 2.52 bits per heavy atom. The van der Waals surface area contributed by atoms with Crippen molar-refractivity contribution < 1.29 is 9.59 Å². The molecule has 0 spiro atoms. The van der Waals surface area contributed by atoms with Gasteiger partial charge in [-0.15, -0.1) is 24.2 Å². The van der Waals surface area contributed by atoms with Crippen LogP contribution in [0.25, 0.3) is 0 Å². The van der Waals surface area contributed by atoms with Crippen LogP contribution in [0.4, 0.5) is 0 Å². The number of carbonyl (C=O) groups is 2. The van der Waals surface area contributed by atoms with E-state index in [1.165, 1.54) is 11.8 Å². The number of carbonyl (C=O) groups excluding carboxylic acids is 2. The monoisotopic (exact) mass is 376 g/mol. The van der Waals surface area contributed by atoms with Crippen LogP contribution in [0.1, 0.15) is 23.7 Å². The van der Waals surface area contributed by atoms with Crippen molar-refractivity contribution in [2.45, 2.75) is 13.3 Å². The van der Waals surface area contributed by atoms with Gasteiger partial charge < -0.3 is 10.6 Å². The van der Waals surface area contributed by atoms with Crippen molar-refractivity contribution in [1.29, 1.82) is 0 Å². The largest absolute Gasteiger partial charge is 0.341 e. The zero-order valence-electron chi connectivity index (χ0n) is 13.1. The van der Waals surface area contributed by atoms with Gasteiger partial charge in [0, 0.05) is 23.7 Å². The predicted octanol–water partition coefficient (Wildman–Crippen LogP) is 2.88. The van der Waals surface area contributed by atoms with Gasteiger partial charge in [-0.25, -0.2) is 0 Å². The summed E-state index contributed by atoms with van der Waals surface area (Å²) in [5.41, 5.74) is 6.42. The third-order valence-electron chi connectivity index (χ3n) is 4.03. The predicted molar refractivity (Wildman–Crippen MR) is 98.7 cm³/mol. The highest BCUT2D eigenvalue weighted by Gasteiger charge is 2.34. The molecule has 0 saturated carbocycles. The third-order valence-corrected chi connectivity index (χ3v) is 5.20. The van der Waals surface area contributed by atoms with Gasteiger partial charge >= 0.3 is 0 Å². The quantitative estimate of drug-likeness (QED) is 0.775. The first-order valence-corrected chi connectivity index (χ1v) is 8.81. The van der Waals surface area contributed by atoms with Gasteiger partial charge in [0.2, 0.25) is 5.91 Å². The first-order chi connectivity index (χ1) is 10.4. The van der Waals surface area contributed by atoms with E-state index in [0.717, 1.165) is 13.0 Å². The molecule has 128 valence electrons. The molecule has 1 aromatic carbocycles. The van der Waals surface area contributed by atoms with Gasteiger partial charge in [-0.2, -0.15) is 0 Å². The lowest BCUT2D eigenvalue weighted by atomic mass is 9.90. The van der Waals surface area contributed by atoms with Gasteiger partial charge in [-0.1, -0.05) is 18.5 Å². The van der Waals surface area contributed by atoms with E-state index < -0.39 is 0 Å². The smallest absolute Gasteiger partial charge is 0.232 e. The number of ketones is 1. The first kappa shape index (κ1) is 20.3. The lowest BCUT2D eigenvalue weighted by molar-refractivity contribution is -0.127. The zero-order valence-corrected chi connectivity index (χ0v) is 15.5. The Kier molecular flexibility index (Phi) is 7.87. The van der Waals surface area contributed by atoms with Gasteiger partial charge in [0.1, 0.15) is 0 Å². The molecule has 1 aromatic rings. The number of likely N-dealkylation sites (tertiary alicyclic amines) is 1. The molecule has 1 aliphatic heterocycles. The fourth-order valence-corrected chi connectivity index (χ4v) is 3.38. The van der Waals surface area contributed by atoms with Crippen LogP contribution in [0.3, 0.4) is 0 Å². The number of nitrogens with zero attached hydrogens (tertiary/aromatic N) is 1. The van der Waals surface area contributed by atoms with Crippen LogP contribution in [-0.2, 0) is 4.79 Å². The molecular weight excluding hydrogens is 355 g/mol. The van der Waals surface area contributed by atoms with E-state index in [-0.39, 0.29) is 29.5 Å². The van der Waals surface area contributed by atoms with Crippen LogP contribution in [0.5, 0.6) is 0 Å². The number of halogens is 2. The minimum Gasteiger partial charge on any atom is -0.341 e. The number of rotatable bonds is 6. The molecule has 0 radical (unpaired) electrons. The Balaban J connectivity index is 0.00000264. The molecule has 4 nitrogen and oxygen atoms in total. The number of hydrogen-bond acceptors (Lipinski definition) is 4. The van der Waals surface area contributed by atoms with Crippen molar-refractivity contribution in [3.63, 3.8) is 0 Å². The van der Waals surface area contributed by atoms with Crippen LogP contribution >= 0.6 is 35.8 Å². The molecule has 1 aliphatic rings. The number of hydrogen-bond donors (Lipinski definition) is 1. The molecule has 1 saturated heterocycles. The molecule has 1 heterocycles. The van der Waals surface area contributed by atoms with Gasteiger partial charge in [-0.05, 0) is 42.6 Å². The fourth-order valence-electron chi connectivity index (χ4n) is 2.44. The van der Waals surface area contributed by atoms with Crippen LogP contribution in [0, 0.1) is 5.41 Å². The zero-order chi connectivity index (χ0) is 16.2. The molecule has 7 heteroatoms. The number of benzene rings is 1. The highest BCUT2D eigenvalue weighted by Crippen LogP contribution is 2.28. The minimum absolute atomic E-state index is 0. The lowest BCUT2D eigenvalue weighted by Gasteiger charge is -2.22. The van der Waals surface area contributed by atoms with Gasteiger partial charge in [-0.3, -0.25) is 9.59 Å². The molecule has 1 amide bonds. The Bertz CT molecular complexity index is 554. The molecule has 1 atom stereocenters. The Labute approximate surface area is 152 Å². The van der Waals surface area contributed by atoms with Crippen molar-refractivity contribution in [1.82, 2.24) is 4.90 Å². The van der Waals surface area contributed by atoms with E-state index in [0.29, 0.717) is 35.2 Å². The average Bonchev–Trinajstić information content (AvgIpc) is 2.91. The Morgan fingerprint density at radius 1 is 1.30 bits per heavy atom. The topological polar surface area (TPSA) is 63.4 Å². The van der Waals surface area contributed by atoms with Crippen molar-refractivity contribution in [2.24, 2.45) is 11.1 Å². The van der Waals surface area contributed by atoms with Crippen molar-refractivity contribution in [2.75, 3.05) is 31.1 Å². The van der Waals surface area contributed by atoms with Crippen molar-refractivity contribution >= 4 is 47.5 Å². The second kappa shape index (κ2) is 8.92. The van der Waals surface area contributed by atoms with Gasteiger partial charge in [0.05, 0.1) is 11.5 Å². The SMILES string of the molecule is CC1(CN)CCN(C(=O)CSCC(=O)c2ccc(Cl)cc2)C1.Cl. The Hall–Kier alpha value is -0.750. The lowest BCUT2D eigenvalue weighted by Crippen LogP contribution is -2.35. The van der Waals surface area contributed by atoms with Crippen LogP contribution in [0.2, 0.25) is 5.02 Å². The molecule has 2 rings (SSSR count). The normalized spacial score (nSPS) is 20.2. The molecule has 0 bridgehead atoms. The molecule has 1 unspecified atom stereocenters. The summed E-state index contributed by atoms with van der Waals surface area (Å²) in [6.45, 7) is 4.18. The average molecular weight is 377 g/mol. The third kappa shape index (κ3) is 5.68. The molecule has 2 N–H and O–H groups in total. The minimum atomic E-state index is 0. The van der Waals surface area contributed by atoms with E-state index in [1.54, 1.807) is 24.3 Å². The summed E-state index contributed by atoms with van der Waals surface area (Å²) in [7, 11) is 0. The van der Waals surface area contributed by atoms with E-state index in [2.05, 4.69) is 6.92 Å². The molecule has 0 aliphatic carbocycles. The second-order valence-electron chi connectivity index (χ2n) is 6.00. The summed E-state index contributed by atoms with van der Waals surface area (Å²) in [5.74, 6) is 0.740. The molecule has 0 aromatic heterocycles. The molecule has 23 heavy (non-hydrogen) atoms. The highest BCUT2D eigenvalue weighted by atomic mass is 35.5. The fraction of sp³-hybridized carbons (Fsp3) is 0.500. The number of thioether (sulfide) groups is 1. The maximum Gasteiger partial charge on any atom is 0.232 e. The number of nitrogens with two attached hydrogens (primary N) is 1. The summed E-state index contributed by atoms with van der Waals surface area (Å²) in [6.07, 6.45) is 0.948. The molecular formula is C16H22Cl2N2O2S. The van der Waals surface area contributed by atoms with Crippen molar-refractivity contribution in [3.05, 3.63) is 34.9 Å². The van der Waals surface area contributed by atoms with Crippen LogP contribution in [-0.4, -0.2) is 47.7 Å². The van der Waals surface area contributed by atoms with Crippen LogP contribution < -0.4 is 5.73 Å². The number of Topliss-reactive ketones (excluding diaryl/α,β-unsaturated/α-hetero) is 1. The van der Waals surface area contributed by atoms with E-state index in [1.807, 2.05) is 4.90 Å². The van der Waals surface area contributed by atoms with Crippen molar-refractivity contribution in [3.8, 4) is 0 Å². The summed E-state index contributed by atoms with van der Waals surface area (Å²) in [6, 6.07) is 6.81. The number of amides is 1. The van der Waals surface area contributed by atoms with E-state index in [9.17, 15) is 9.59 Å². The summed E-state index contributed by atoms with van der Waals surface area (Å²) >= 11 is 7.15. The van der Waals surface area contributed by atoms with Gasteiger partial charge in [0.25, 0.3) is 0 Å². The van der Waals surface area contributed by atoms with Gasteiger partial charge in [0.15, 0.2) is 5.78 Å². The summed E-state index contributed by atoms with van der Waals surface area (Å²) in [4.78, 5) is 26.0. The standard InChI is InChI=1S/C16H21ClN2O2S.ClH/c1-16(10-18)6-7-19(11-16)15(21)9-22-8-14(20)12-2-4-13(17)5-3-12;/h2-5H,6-11,18H2,1H3;1H. The summed E-state index contributed by atoms with van der Waals surface area (Å²) in [5, 5.41) is 0.608. The van der Waals surface area contributed by atoms with E-state index >= 15 is 0 Å². The maximum absolute atomic E-state index is 12.1. The highest BCUT2D eigenvalue weighted by molar-refractivity contribution is 8.00. The van der Waals surface area contributed by atoms with Crippen LogP contribution in [0.15, 0.2) is 24.3 Å².